The predicted octanol–water partition coefficient (Wildman–Crippen LogP) is -2.05. The maximum atomic E-state index is 11.8. The van der Waals surface area contributed by atoms with Crippen molar-refractivity contribution in [1.82, 2.24) is 0 Å². The summed E-state index contributed by atoms with van der Waals surface area (Å²) < 4.78 is 32.0. The van der Waals surface area contributed by atoms with Gasteiger partial charge in [0.05, 0.1) is 21.5 Å². The highest BCUT2D eigenvalue weighted by atomic mass is 32.2. The molecule has 0 radical (unpaired) electrons. The fourth-order valence-electron chi connectivity index (χ4n) is 2.42. The lowest BCUT2D eigenvalue weighted by Gasteiger charge is -2.21. The standard InChI is InChI=1S/C12H7NO9S/c1-12(18,23(13,19)20)7-5-3(8(14)21-10(5)16)2-4-6(7)11(17)22-9(4)15/h2,18H,1H3,(H2,13,19,20). The fourth-order valence-corrected chi connectivity index (χ4v) is 2.90. The lowest BCUT2D eigenvalue weighted by atomic mass is 9.98. The summed E-state index contributed by atoms with van der Waals surface area (Å²) in [4.78, 5) is 44.0. The highest BCUT2D eigenvalue weighted by molar-refractivity contribution is 7.89. The molecule has 23 heavy (non-hydrogen) atoms. The minimum Gasteiger partial charge on any atom is -0.386 e. The number of hydrogen-bond acceptors (Lipinski definition) is 9. The summed E-state index contributed by atoms with van der Waals surface area (Å²) in [6, 6.07) is 0.869. The van der Waals surface area contributed by atoms with Crippen LogP contribution in [-0.4, -0.2) is 13.5 Å². The van der Waals surface area contributed by atoms with Gasteiger partial charge in [-0.3, -0.25) is 0 Å². The summed E-state index contributed by atoms with van der Waals surface area (Å²) in [5, 5.41) is 13.0. The smallest absolute Gasteiger partial charge is 0.347 e. The molecule has 3 N–H and O–H groups in total. The van der Waals surface area contributed by atoms with Gasteiger partial charge in [-0.15, -0.1) is 0 Å². The Hall–Kier alpha value is -2.63. The third-order valence-electron chi connectivity index (χ3n) is 3.56. The van der Waals surface area contributed by atoms with Gasteiger partial charge in [0.1, 0.15) is 0 Å². The highest BCUT2D eigenvalue weighted by Crippen LogP contribution is 2.34. The number of primary sulfonamides is 1. The van der Waals surface area contributed by atoms with Gasteiger partial charge in [0.15, 0.2) is 0 Å². The number of furan rings is 2. The molecular weight excluding hydrogens is 334 g/mol. The van der Waals surface area contributed by atoms with Crippen molar-refractivity contribution in [2.45, 2.75) is 11.9 Å². The minimum absolute atomic E-state index is 0.473. The SMILES string of the molecule is CC(O)(c1c2c(=O)oc(=O)c2cc2c(=O)oc(=O)c12)S(N)(=O)=O. The van der Waals surface area contributed by atoms with Crippen LogP contribution in [0.5, 0.6) is 0 Å². The summed E-state index contributed by atoms with van der Waals surface area (Å²) in [5.74, 6) is 0. The normalized spacial score (nSPS) is 15.3. The van der Waals surface area contributed by atoms with E-state index in [-0.39, 0.29) is 0 Å². The largest absolute Gasteiger partial charge is 0.386 e. The van der Waals surface area contributed by atoms with Gasteiger partial charge < -0.3 is 13.9 Å². The Morgan fingerprint density at radius 1 is 0.957 bits per heavy atom. The second-order valence-corrected chi connectivity index (χ2v) is 6.86. The number of rotatable bonds is 2. The Morgan fingerprint density at radius 2 is 1.35 bits per heavy atom. The first kappa shape index (κ1) is 15.3. The monoisotopic (exact) mass is 341 g/mol. The van der Waals surface area contributed by atoms with E-state index < -0.39 is 64.6 Å². The zero-order chi connectivity index (χ0) is 17.3. The van der Waals surface area contributed by atoms with E-state index in [9.17, 15) is 32.7 Å². The molecule has 3 aromatic rings. The van der Waals surface area contributed by atoms with E-state index in [1.807, 2.05) is 0 Å². The molecule has 120 valence electrons. The molecule has 11 heteroatoms. The predicted molar refractivity (Wildman–Crippen MR) is 76.1 cm³/mol. The van der Waals surface area contributed by atoms with Crippen LogP contribution in [0.3, 0.4) is 0 Å². The second kappa shape index (κ2) is 4.22. The molecule has 0 aliphatic heterocycles. The first-order valence-corrected chi connectivity index (χ1v) is 7.50. The Balaban J connectivity index is 2.82. The van der Waals surface area contributed by atoms with Gasteiger partial charge in [-0.25, -0.2) is 32.7 Å². The van der Waals surface area contributed by atoms with E-state index in [1.165, 1.54) is 0 Å². The maximum Gasteiger partial charge on any atom is 0.347 e. The summed E-state index contributed by atoms with van der Waals surface area (Å²) in [5.41, 5.74) is -5.70. The zero-order valence-electron chi connectivity index (χ0n) is 11.3. The molecule has 0 bridgehead atoms. The van der Waals surface area contributed by atoms with Crippen LogP contribution in [0, 0.1) is 0 Å². The molecule has 0 aliphatic carbocycles. The highest BCUT2D eigenvalue weighted by Gasteiger charge is 2.42. The molecule has 0 spiro atoms. The number of aliphatic hydroxyl groups is 1. The van der Waals surface area contributed by atoms with Crippen molar-refractivity contribution in [3.8, 4) is 0 Å². The number of sulfonamides is 1. The number of fused-ring (bicyclic) bond motifs is 2. The van der Waals surface area contributed by atoms with E-state index >= 15 is 0 Å². The lowest BCUT2D eigenvalue weighted by Crippen LogP contribution is -2.39. The van der Waals surface area contributed by atoms with Crippen LogP contribution < -0.4 is 27.6 Å². The first-order valence-electron chi connectivity index (χ1n) is 5.96. The van der Waals surface area contributed by atoms with Gasteiger partial charge in [0.25, 0.3) is 0 Å². The van der Waals surface area contributed by atoms with E-state index in [4.69, 9.17) is 5.14 Å². The van der Waals surface area contributed by atoms with Crippen LogP contribution in [0.25, 0.3) is 21.5 Å². The molecule has 0 aliphatic rings. The molecule has 3 rings (SSSR count). The van der Waals surface area contributed by atoms with E-state index in [1.54, 1.807) is 0 Å². The molecule has 10 nitrogen and oxygen atoms in total. The Kier molecular flexibility index (Phi) is 2.80. The van der Waals surface area contributed by atoms with E-state index in [0.29, 0.717) is 6.92 Å². The molecule has 1 unspecified atom stereocenters. The van der Waals surface area contributed by atoms with Crippen LogP contribution in [0.15, 0.2) is 34.1 Å². The van der Waals surface area contributed by atoms with Crippen LogP contribution in [0.1, 0.15) is 12.5 Å². The molecule has 0 saturated heterocycles. The number of benzene rings is 1. The summed E-state index contributed by atoms with van der Waals surface area (Å²) >= 11 is 0. The van der Waals surface area contributed by atoms with Gasteiger partial charge in [-0.05, 0) is 13.0 Å². The molecule has 0 amide bonds. The first-order chi connectivity index (χ1) is 10.5. The van der Waals surface area contributed by atoms with Crippen molar-refractivity contribution < 1.29 is 22.4 Å². The van der Waals surface area contributed by atoms with Crippen molar-refractivity contribution in [2.75, 3.05) is 0 Å². The van der Waals surface area contributed by atoms with E-state index in [2.05, 4.69) is 8.83 Å². The molecule has 2 aromatic heterocycles. The third-order valence-corrected chi connectivity index (χ3v) is 4.88. The van der Waals surface area contributed by atoms with Gasteiger partial charge in [-0.1, -0.05) is 0 Å². The summed E-state index contributed by atoms with van der Waals surface area (Å²) in [7, 11) is -4.76. The van der Waals surface area contributed by atoms with Gasteiger partial charge in [0, 0.05) is 5.56 Å². The molecule has 1 aromatic carbocycles. The van der Waals surface area contributed by atoms with Gasteiger partial charge in [-0.2, -0.15) is 0 Å². The van der Waals surface area contributed by atoms with Crippen molar-refractivity contribution in [2.24, 2.45) is 5.14 Å². The molecule has 0 saturated carbocycles. The van der Waals surface area contributed by atoms with Crippen LogP contribution in [-0.2, 0) is 15.0 Å². The Labute approximate surface area is 125 Å². The lowest BCUT2D eigenvalue weighted by molar-refractivity contribution is 0.148. The van der Waals surface area contributed by atoms with Crippen molar-refractivity contribution in [3.63, 3.8) is 0 Å². The topological polar surface area (TPSA) is 175 Å². The van der Waals surface area contributed by atoms with Crippen molar-refractivity contribution in [1.29, 1.82) is 0 Å². The second-order valence-electron chi connectivity index (χ2n) is 4.98. The van der Waals surface area contributed by atoms with Gasteiger partial charge >= 0.3 is 22.5 Å². The van der Waals surface area contributed by atoms with Crippen LogP contribution in [0.2, 0.25) is 0 Å². The maximum absolute atomic E-state index is 11.8. The number of nitrogens with two attached hydrogens (primary N) is 1. The fraction of sp³-hybridized carbons (Fsp3) is 0.167. The Bertz CT molecular complexity index is 1210. The third kappa shape index (κ3) is 1.84. The molecule has 1 atom stereocenters. The van der Waals surface area contributed by atoms with Crippen LogP contribution >= 0.6 is 0 Å². The van der Waals surface area contributed by atoms with Crippen molar-refractivity contribution >= 4 is 31.6 Å². The van der Waals surface area contributed by atoms with Crippen molar-refractivity contribution in [3.05, 3.63) is 53.3 Å². The average Bonchev–Trinajstić information content (AvgIpc) is 2.85. The van der Waals surface area contributed by atoms with Crippen LogP contribution in [0.4, 0.5) is 0 Å². The van der Waals surface area contributed by atoms with E-state index in [0.717, 1.165) is 6.07 Å². The summed E-state index contributed by atoms with van der Waals surface area (Å²) in [6.45, 7) is 0.699. The van der Waals surface area contributed by atoms with Gasteiger partial charge in [0.2, 0.25) is 15.0 Å². The summed E-state index contributed by atoms with van der Waals surface area (Å²) in [6.07, 6.45) is 0. The Morgan fingerprint density at radius 3 is 1.70 bits per heavy atom. The average molecular weight is 341 g/mol. The zero-order valence-corrected chi connectivity index (χ0v) is 12.1. The molecule has 2 heterocycles. The molecule has 0 fully saturated rings. The molecular formula is C12H7NO9S. The quantitative estimate of drug-likeness (QED) is 0.531. The minimum atomic E-state index is -4.76. The number of hydrogen-bond donors (Lipinski definition) is 2.